The van der Waals surface area contributed by atoms with Crippen molar-refractivity contribution >= 4 is 23.3 Å². The molecule has 1 N–H and O–H groups in total. The Kier molecular flexibility index (Phi) is 6.68. The average Bonchev–Trinajstić information content (AvgIpc) is 2.73. The number of carbonyl (C=O) groups is 2. The predicted octanol–water partition coefficient (Wildman–Crippen LogP) is 5.00. The molecule has 3 aromatic carbocycles. The van der Waals surface area contributed by atoms with Crippen molar-refractivity contribution in [3.8, 4) is 5.75 Å². The number of benzene rings is 3. The molecular formula is C24H22ClNO3. The van der Waals surface area contributed by atoms with Gasteiger partial charge in [-0.1, -0.05) is 54.1 Å². The van der Waals surface area contributed by atoms with Gasteiger partial charge in [0.15, 0.2) is 5.78 Å². The van der Waals surface area contributed by atoms with E-state index in [-0.39, 0.29) is 24.2 Å². The van der Waals surface area contributed by atoms with Gasteiger partial charge in [-0.3, -0.25) is 9.59 Å². The summed E-state index contributed by atoms with van der Waals surface area (Å²) < 4.78 is 5.36. The van der Waals surface area contributed by atoms with Crippen LogP contribution in [0.4, 0.5) is 0 Å². The molecular weight excluding hydrogens is 386 g/mol. The number of nitrogens with one attached hydrogen (secondary N) is 1. The topological polar surface area (TPSA) is 55.4 Å². The van der Waals surface area contributed by atoms with Crippen molar-refractivity contribution in [1.29, 1.82) is 0 Å². The Labute approximate surface area is 175 Å². The molecule has 5 heteroatoms. The fraction of sp³-hybridized carbons (Fsp3) is 0.167. The lowest BCUT2D eigenvalue weighted by molar-refractivity contribution is -0.121. The normalized spacial score (nSPS) is 11.6. The molecule has 0 aliphatic rings. The van der Waals surface area contributed by atoms with Crippen LogP contribution >= 0.6 is 11.6 Å². The fourth-order valence-electron chi connectivity index (χ4n) is 3.18. The second-order valence-electron chi connectivity index (χ2n) is 6.72. The Morgan fingerprint density at radius 3 is 2.24 bits per heavy atom. The molecule has 0 aliphatic carbocycles. The molecule has 0 saturated heterocycles. The third-order valence-electron chi connectivity index (χ3n) is 4.68. The molecule has 0 saturated carbocycles. The van der Waals surface area contributed by atoms with E-state index in [1.54, 1.807) is 37.4 Å². The van der Waals surface area contributed by atoms with Crippen LogP contribution < -0.4 is 10.1 Å². The SMILES string of the molecule is COc1ccc(C(C)=O)cc1CC(=O)N[C@@H](c1ccccc1)c1ccc(Cl)cc1. The summed E-state index contributed by atoms with van der Waals surface area (Å²) in [4.78, 5) is 24.6. The van der Waals surface area contributed by atoms with Crippen molar-refractivity contribution in [2.45, 2.75) is 19.4 Å². The zero-order valence-electron chi connectivity index (χ0n) is 16.3. The molecule has 0 heterocycles. The van der Waals surface area contributed by atoms with Gasteiger partial charge in [0.1, 0.15) is 5.75 Å². The monoisotopic (exact) mass is 407 g/mol. The van der Waals surface area contributed by atoms with E-state index in [0.29, 0.717) is 21.9 Å². The molecule has 0 fully saturated rings. The summed E-state index contributed by atoms with van der Waals surface area (Å²) in [6.45, 7) is 1.50. The number of methoxy groups -OCH3 is 1. The van der Waals surface area contributed by atoms with Crippen LogP contribution in [-0.4, -0.2) is 18.8 Å². The molecule has 0 bridgehead atoms. The van der Waals surface area contributed by atoms with Crippen LogP contribution in [0.1, 0.15) is 40.0 Å². The molecule has 4 nitrogen and oxygen atoms in total. The number of hydrogen-bond donors (Lipinski definition) is 1. The van der Waals surface area contributed by atoms with Gasteiger partial charge in [0, 0.05) is 16.1 Å². The van der Waals surface area contributed by atoms with E-state index in [9.17, 15) is 9.59 Å². The first kappa shape index (κ1) is 20.6. The van der Waals surface area contributed by atoms with Gasteiger partial charge in [0.25, 0.3) is 0 Å². The minimum atomic E-state index is -0.317. The lowest BCUT2D eigenvalue weighted by Gasteiger charge is -2.20. The number of Topliss-reactive ketones (excluding diaryl/α,β-unsaturated/α-hetero) is 1. The van der Waals surface area contributed by atoms with E-state index in [2.05, 4.69) is 5.32 Å². The molecule has 0 aliphatic heterocycles. The lowest BCUT2D eigenvalue weighted by Crippen LogP contribution is -2.30. The van der Waals surface area contributed by atoms with Crippen LogP contribution in [0.3, 0.4) is 0 Å². The van der Waals surface area contributed by atoms with Crippen LogP contribution in [0.5, 0.6) is 5.75 Å². The van der Waals surface area contributed by atoms with Gasteiger partial charge in [0.05, 0.1) is 19.6 Å². The van der Waals surface area contributed by atoms with Gasteiger partial charge >= 0.3 is 0 Å². The molecule has 0 aromatic heterocycles. The van der Waals surface area contributed by atoms with Crippen LogP contribution in [0, 0.1) is 0 Å². The van der Waals surface area contributed by atoms with E-state index >= 15 is 0 Å². The molecule has 3 aromatic rings. The number of amides is 1. The summed E-state index contributed by atoms with van der Waals surface area (Å²) >= 11 is 6.02. The standard InChI is InChI=1S/C24H22ClNO3/c1-16(27)19-10-13-22(29-2)20(14-19)15-23(28)26-24(17-6-4-3-5-7-17)18-8-11-21(25)12-9-18/h3-14,24H,15H2,1-2H3,(H,26,28)/t24-/m0/s1. The van der Waals surface area contributed by atoms with Crippen LogP contribution in [0.15, 0.2) is 72.8 Å². The van der Waals surface area contributed by atoms with E-state index in [0.717, 1.165) is 11.1 Å². The maximum Gasteiger partial charge on any atom is 0.225 e. The largest absolute Gasteiger partial charge is 0.496 e. The summed E-state index contributed by atoms with van der Waals surface area (Å²) in [6.07, 6.45) is 0.0984. The summed E-state index contributed by atoms with van der Waals surface area (Å²) in [6, 6.07) is 22.0. The van der Waals surface area contributed by atoms with Gasteiger partial charge in [-0.25, -0.2) is 0 Å². The molecule has 0 radical (unpaired) electrons. The third kappa shape index (κ3) is 5.24. The Bertz CT molecular complexity index is 1000. The summed E-state index contributed by atoms with van der Waals surface area (Å²) in [5.41, 5.74) is 3.11. The number of ketones is 1. The number of ether oxygens (including phenoxy) is 1. The lowest BCUT2D eigenvalue weighted by atomic mass is 9.98. The Balaban J connectivity index is 1.87. The minimum absolute atomic E-state index is 0.0577. The summed E-state index contributed by atoms with van der Waals surface area (Å²) in [5, 5.41) is 3.73. The zero-order chi connectivity index (χ0) is 20.8. The van der Waals surface area contributed by atoms with Crippen molar-refractivity contribution in [2.24, 2.45) is 0 Å². The van der Waals surface area contributed by atoms with Crippen molar-refractivity contribution in [3.05, 3.63) is 100 Å². The molecule has 1 atom stereocenters. The van der Waals surface area contributed by atoms with Gasteiger partial charge in [-0.2, -0.15) is 0 Å². The van der Waals surface area contributed by atoms with E-state index in [1.807, 2.05) is 42.5 Å². The highest BCUT2D eigenvalue weighted by molar-refractivity contribution is 6.30. The van der Waals surface area contributed by atoms with E-state index in [4.69, 9.17) is 16.3 Å². The van der Waals surface area contributed by atoms with Crippen molar-refractivity contribution in [2.75, 3.05) is 7.11 Å². The molecule has 0 spiro atoms. The highest BCUT2D eigenvalue weighted by Crippen LogP contribution is 2.25. The zero-order valence-corrected chi connectivity index (χ0v) is 17.1. The quantitative estimate of drug-likeness (QED) is 0.561. The van der Waals surface area contributed by atoms with Crippen molar-refractivity contribution in [1.82, 2.24) is 5.32 Å². The van der Waals surface area contributed by atoms with Gasteiger partial charge in [-0.05, 0) is 48.4 Å². The Morgan fingerprint density at radius 2 is 1.62 bits per heavy atom. The highest BCUT2D eigenvalue weighted by atomic mass is 35.5. The molecule has 29 heavy (non-hydrogen) atoms. The Morgan fingerprint density at radius 1 is 0.966 bits per heavy atom. The molecule has 148 valence electrons. The van der Waals surface area contributed by atoms with Crippen LogP contribution in [-0.2, 0) is 11.2 Å². The number of hydrogen-bond acceptors (Lipinski definition) is 3. The minimum Gasteiger partial charge on any atom is -0.496 e. The predicted molar refractivity (Wildman–Crippen MR) is 115 cm³/mol. The van der Waals surface area contributed by atoms with Gasteiger partial charge in [-0.15, -0.1) is 0 Å². The average molecular weight is 408 g/mol. The highest BCUT2D eigenvalue weighted by Gasteiger charge is 2.18. The number of halogens is 1. The second kappa shape index (κ2) is 9.39. The van der Waals surface area contributed by atoms with E-state index < -0.39 is 0 Å². The first-order valence-corrected chi connectivity index (χ1v) is 9.63. The summed E-state index contributed by atoms with van der Waals surface area (Å²) in [5.74, 6) is 0.346. The van der Waals surface area contributed by atoms with Gasteiger partial charge in [0.2, 0.25) is 5.91 Å². The molecule has 1 amide bonds. The molecule has 0 unspecified atom stereocenters. The molecule has 3 rings (SSSR count). The van der Waals surface area contributed by atoms with E-state index in [1.165, 1.54) is 6.92 Å². The van der Waals surface area contributed by atoms with Crippen molar-refractivity contribution < 1.29 is 14.3 Å². The number of rotatable bonds is 7. The first-order valence-electron chi connectivity index (χ1n) is 9.25. The Hall–Kier alpha value is -3.11. The smallest absolute Gasteiger partial charge is 0.225 e. The first-order chi connectivity index (χ1) is 14.0. The fourth-order valence-corrected chi connectivity index (χ4v) is 3.31. The summed E-state index contributed by atoms with van der Waals surface area (Å²) in [7, 11) is 1.55. The third-order valence-corrected chi connectivity index (χ3v) is 4.93. The maximum atomic E-state index is 12.9. The van der Waals surface area contributed by atoms with Crippen LogP contribution in [0.25, 0.3) is 0 Å². The van der Waals surface area contributed by atoms with Crippen LogP contribution in [0.2, 0.25) is 5.02 Å². The maximum absolute atomic E-state index is 12.9. The number of carbonyl (C=O) groups excluding carboxylic acids is 2. The van der Waals surface area contributed by atoms with Gasteiger partial charge < -0.3 is 10.1 Å². The second-order valence-corrected chi connectivity index (χ2v) is 7.16. The van der Waals surface area contributed by atoms with Crippen molar-refractivity contribution in [3.63, 3.8) is 0 Å².